The van der Waals surface area contributed by atoms with Crippen LogP contribution in [0, 0.1) is 0 Å². The number of hydrogen-bond donors (Lipinski definition) is 0. The van der Waals surface area contributed by atoms with Gasteiger partial charge in [-0.05, 0) is 62.3 Å². The number of ether oxygens (including phenoxy) is 1. The van der Waals surface area contributed by atoms with E-state index < -0.39 is 5.60 Å². The first-order valence-corrected chi connectivity index (χ1v) is 8.00. The van der Waals surface area contributed by atoms with Crippen molar-refractivity contribution in [2.75, 3.05) is 6.54 Å². The molecule has 5 heteroatoms. The zero-order valence-electron chi connectivity index (χ0n) is 15.7. The number of esters is 1. The highest BCUT2D eigenvalue weighted by atomic mass is 16.6. The van der Waals surface area contributed by atoms with E-state index in [1.54, 1.807) is 0 Å². The predicted molar refractivity (Wildman–Crippen MR) is 93.7 cm³/mol. The molecule has 0 radical (unpaired) electrons. The molecule has 0 spiro atoms. The van der Waals surface area contributed by atoms with Crippen molar-refractivity contribution in [3.05, 3.63) is 0 Å². The molecule has 0 aliphatic heterocycles. The van der Waals surface area contributed by atoms with Crippen molar-refractivity contribution in [3.8, 4) is 0 Å². The Morgan fingerprint density at radius 1 is 1.14 bits per heavy atom. The Morgan fingerprint density at radius 2 is 1.68 bits per heavy atom. The lowest BCUT2D eigenvalue weighted by molar-refractivity contribution is -0.155. The average Bonchev–Trinajstić information content (AvgIpc) is 2.23. The van der Waals surface area contributed by atoms with E-state index in [2.05, 4.69) is 28.7 Å². The fourth-order valence-corrected chi connectivity index (χ4v) is 1.79. The summed E-state index contributed by atoms with van der Waals surface area (Å²) in [5, 5.41) is 0. The number of carbonyl (C=O) groups excluding carboxylic acids is 1. The summed E-state index contributed by atoms with van der Waals surface area (Å²) in [5.41, 5.74) is 0.495. The van der Waals surface area contributed by atoms with Gasteiger partial charge in [0.15, 0.2) is 0 Å². The lowest BCUT2D eigenvalue weighted by atomic mass is 10.2. The van der Waals surface area contributed by atoms with Gasteiger partial charge in [0.1, 0.15) is 5.60 Å². The van der Waals surface area contributed by atoms with E-state index in [4.69, 9.17) is 4.74 Å². The maximum atomic E-state index is 11.9. The summed E-state index contributed by atoms with van der Waals surface area (Å²) in [6, 6.07) is 0.365. The first-order chi connectivity index (χ1) is 9.92. The van der Waals surface area contributed by atoms with Crippen LogP contribution in [0.15, 0.2) is 9.98 Å². The van der Waals surface area contributed by atoms with Crippen molar-refractivity contribution in [3.63, 3.8) is 0 Å². The lowest BCUT2D eigenvalue weighted by Crippen LogP contribution is -2.39. The number of hydrogen-bond acceptors (Lipinski definition) is 3. The van der Waals surface area contributed by atoms with Crippen LogP contribution in [0.25, 0.3) is 0 Å². The number of carbonyl (C=O) groups is 1. The molecule has 0 fully saturated rings. The third-order valence-electron chi connectivity index (χ3n) is 2.55. The third-order valence-corrected chi connectivity index (χ3v) is 2.55. The summed E-state index contributed by atoms with van der Waals surface area (Å²) in [6.45, 7) is 18.3. The van der Waals surface area contributed by atoms with Gasteiger partial charge in [0.25, 0.3) is 0 Å². The molecule has 0 bridgehead atoms. The number of nitrogens with zero attached hydrogens (tertiary/aromatic N) is 3. The van der Waals surface area contributed by atoms with Crippen LogP contribution in [0.3, 0.4) is 0 Å². The summed E-state index contributed by atoms with van der Waals surface area (Å²) >= 11 is 0. The lowest BCUT2D eigenvalue weighted by Gasteiger charge is -2.29. The van der Waals surface area contributed by atoms with Crippen LogP contribution < -0.4 is 0 Å². The smallest absolute Gasteiger partial charge is 0.308 e. The molecule has 0 saturated heterocycles. The fraction of sp³-hybridized carbons (Fsp3) is 0.824. The number of guanidine groups is 1. The van der Waals surface area contributed by atoms with Gasteiger partial charge in [0.05, 0.1) is 6.42 Å². The highest BCUT2D eigenvalue weighted by Gasteiger charge is 2.20. The Bertz CT molecular complexity index is 414. The van der Waals surface area contributed by atoms with Crippen LogP contribution in [0.5, 0.6) is 0 Å². The predicted octanol–water partition coefficient (Wildman–Crippen LogP) is 3.67. The number of rotatable bonds is 5. The van der Waals surface area contributed by atoms with Crippen molar-refractivity contribution in [1.82, 2.24) is 4.90 Å². The first kappa shape index (κ1) is 20.6. The van der Waals surface area contributed by atoms with E-state index in [1.807, 2.05) is 48.5 Å². The van der Waals surface area contributed by atoms with Crippen LogP contribution >= 0.6 is 0 Å². The van der Waals surface area contributed by atoms with Gasteiger partial charge in [-0.3, -0.25) is 4.79 Å². The molecule has 0 aromatic rings. The van der Waals surface area contributed by atoms with Gasteiger partial charge in [-0.25, -0.2) is 9.98 Å². The maximum absolute atomic E-state index is 11.9. The first-order valence-electron chi connectivity index (χ1n) is 8.00. The van der Waals surface area contributed by atoms with Crippen LogP contribution in [0.4, 0.5) is 0 Å². The Kier molecular flexibility index (Phi) is 8.35. The maximum Gasteiger partial charge on any atom is 0.308 e. The Balaban J connectivity index is 5.04. The zero-order valence-corrected chi connectivity index (χ0v) is 15.7. The summed E-state index contributed by atoms with van der Waals surface area (Å²) < 4.78 is 5.37. The topological polar surface area (TPSA) is 54.3 Å². The number of aliphatic imine (C=N–C) groups is 2. The van der Waals surface area contributed by atoms with E-state index in [0.29, 0.717) is 18.9 Å². The van der Waals surface area contributed by atoms with Crippen molar-refractivity contribution < 1.29 is 9.53 Å². The van der Waals surface area contributed by atoms with Crippen molar-refractivity contribution in [2.24, 2.45) is 9.98 Å². The van der Waals surface area contributed by atoms with Gasteiger partial charge < -0.3 is 9.64 Å². The van der Waals surface area contributed by atoms with Gasteiger partial charge in [0, 0.05) is 24.3 Å². The third kappa shape index (κ3) is 9.53. The van der Waals surface area contributed by atoms with E-state index >= 15 is 0 Å². The molecule has 0 N–H and O–H groups in total. The quantitative estimate of drug-likeness (QED) is 0.442. The summed E-state index contributed by atoms with van der Waals surface area (Å²) in [5.74, 6) is 0.493. The molecule has 128 valence electrons. The minimum atomic E-state index is -0.452. The molecular weight excluding hydrogens is 278 g/mol. The molecule has 0 aliphatic carbocycles. The zero-order chi connectivity index (χ0) is 17.5. The van der Waals surface area contributed by atoms with Crippen molar-refractivity contribution >= 4 is 17.6 Å². The Labute approximate surface area is 135 Å². The second-order valence-corrected chi connectivity index (χ2v) is 7.21. The Hall–Kier alpha value is -1.39. The van der Waals surface area contributed by atoms with Gasteiger partial charge in [-0.15, -0.1) is 0 Å². The van der Waals surface area contributed by atoms with E-state index in [-0.39, 0.29) is 18.1 Å². The molecule has 0 heterocycles. The fourth-order valence-electron chi connectivity index (χ4n) is 1.79. The Morgan fingerprint density at radius 3 is 2.05 bits per heavy atom. The largest absolute Gasteiger partial charge is 0.460 e. The van der Waals surface area contributed by atoms with Gasteiger partial charge >= 0.3 is 5.97 Å². The highest BCUT2D eigenvalue weighted by molar-refractivity contribution is 5.95. The van der Waals surface area contributed by atoms with Crippen LogP contribution in [0.2, 0.25) is 0 Å². The van der Waals surface area contributed by atoms with E-state index in [1.165, 1.54) is 0 Å². The molecule has 5 nitrogen and oxygen atoms in total. The van der Waals surface area contributed by atoms with Gasteiger partial charge in [-0.2, -0.15) is 0 Å². The molecule has 0 aromatic carbocycles. The summed E-state index contributed by atoms with van der Waals surface area (Å²) in [6.07, 6.45) is 0.324. The van der Waals surface area contributed by atoms with E-state index in [9.17, 15) is 4.79 Å². The van der Waals surface area contributed by atoms with Crippen LogP contribution in [-0.2, 0) is 9.53 Å². The molecule has 0 amide bonds. The second kappa shape index (κ2) is 8.91. The minimum Gasteiger partial charge on any atom is -0.460 e. The molecular formula is C17H33N3O2. The van der Waals surface area contributed by atoms with Crippen LogP contribution in [0.1, 0.15) is 68.7 Å². The SMILES string of the molecule is CC(C)=N/C(=N/C(C)C)N(CCC(=O)OC(C)(C)C)C(C)C. The van der Waals surface area contributed by atoms with Crippen molar-refractivity contribution in [1.29, 1.82) is 0 Å². The van der Waals surface area contributed by atoms with Crippen LogP contribution in [-0.4, -0.2) is 46.8 Å². The standard InChI is InChI=1S/C17H33N3O2/c1-12(2)18-16(19-13(3)4)20(14(5)6)11-10-15(21)22-17(7,8)9/h12,14H,10-11H2,1-9H3/b18-16-. The summed E-state index contributed by atoms with van der Waals surface area (Å²) in [4.78, 5) is 23.1. The molecule has 0 unspecified atom stereocenters. The summed E-state index contributed by atoms with van der Waals surface area (Å²) in [7, 11) is 0. The molecule has 0 rings (SSSR count). The normalized spacial score (nSPS) is 12.6. The monoisotopic (exact) mass is 311 g/mol. The van der Waals surface area contributed by atoms with E-state index in [0.717, 1.165) is 5.71 Å². The van der Waals surface area contributed by atoms with Gasteiger partial charge in [0.2, 0.25) is 5.96 Å². The average molecular weight is 311 g/mol. The van der Waals surface area contributed by atoms with Gasteiger partial charge in [-0.1, -0.05) is 0 Å². The van der Waals surface area contributed by atoms with Crippen molar-refractivity contribution in [2.45, 2.75) is 86.4 Å². The highest BCUT2D eigenvalue weighted by Crippen LogP contribution is 2.11. The molecule has 0 aliphatic rings. The second-order valence-electron chi connectivity index (χ2n) is 7.21. The minimum absolute atomic E-state index is 0.154. The molecule has 0 saturated carbocycles. The molecule has 0 atom stereocenters. The molecule has 0 aromatic heterocycles. The molecule has 22 heavy (non-hydrogen) atoms.